The highest BCUT2D eigenvalue weighted by Gasteiger charge is 2.06. The molecule has 0 bridgehead atoms. The fourth-order valence-electron chi connectivity index (χ4n) is 2.02. The van der Waals surface area contributed by atoms with Gasteiger partial charge in [0.05, 0.1) is 5.75 Å². The number of hydrogen-bond donors (Lipinski definition) is 2. The number of aryl methyl sites for hydroxylation is 1. The second-order valence-electron chi connectivity index (χ2n) is 5.36. The third-order valence-electron chi connectivity index (χ3n) is 3.39. The normalized spacial score (nSPS) is 10.1. The van der Waals surface area contributed by atoms with Gasteiger partial charge in [-0.2, -0.15) is 0 Å². The van der Waals surface area contributed by atoms with E-state index in [1.54, 1.807) is 0 Å². The Kier molecular flexibility index (Phi) is 7.85. The predicted octanol–water partition coefficient (Wildman–Crippen LogP) is 2.71. The van der Waals surface area contributed by atoms with Crippen molar-refractivity contribution < 1.29 is 14.3 Å². The highest BCUT2D eigenvalue weighted by atomic mass is 32.2. The van der Waals surface area contributed by atoms with Crippen LogP contribution in [0.4, 0.5) is 0 Å². The van der Waals surface area contributed by atoms with E-state index >= 15 is 0 Å². The fourth-order valence-corrected chi connectivity index (χ4v) is 2.81. The minimum absolute atomic E-state index is 0.150. The zero-order valence-corrected chi connectivity index (χ0v) is 15.0. The summed E-state index contributed by atoms with van der Waals surface area (Å²) >= 11 is 1.49. The van der Waals surface area contributed by atoms with Crippen LogP contribution in [-0.2, 0) is 21.8 Å². The van der Waals surface area contributed by atoms with Crippen LogP contribution in [0.15, 0.2) is 54.6 Å². The Labute approximate surface area is 152 Å². The summed E-state index contributed by atoms with van der Waals surface area (Å²) in [7, 11) is 0. The number of hydrazine groups is 1. The number of amides is 2. The maximum Gasteiger partial charge on any atom is 0.276 e. The van der Waals surface area contributed by atoms with Gasteiger partial charge in [0, 0.05) is 5.75 Å². The second-order valence-corrected chi connectivity index (χ2v) is 6.35. The van der Waals surface area contributed by atoms with Crippen LogP contribution >= 0.6 is 11.8 Å². The molecule has 0 saturated carbocycles. The van der Waals surface area contributed by atoms with E-state index in [-0.39, 0.29) is 18.3 Å². The Morgan fingerprint density at radius 3 is 2.28 bits per heavy atom. The van der Waals surface area contributed by atoms with E-state index in [2.05, 4.69) is 17.8 Å². The van der Waals surface area contributed by atoms with Gasteiger partial charge in [0.2, 0.25) is 5.91 Å². The predicted molar refractivity (Wildman–Crippen MR) is 100 cm³/mol. The maximum absolute atomic E-state index is 11.7. The molecule has 6 heteroatoms. The molecule has 0 aliphatic heterocycles. The van der Waals surface area contributed by atoms with E-state index in [4.69, 9.17) is 4.74 Å². The molecule has 132 valence electrons. The summed E-state index contributed by atoms with van der Waals surface area (Å²) in [6.07, 6.45) is 0.953. The molecule has 0 aliphatic rings. The molecule has 2 amide bonds. The highest BCUT2D eigenvalue weighted by molar-refractivity contribution is 7.99. The van der Waals surface area contributed by atoms with Gasteiger partial charge in [-0.1, -0.05) is 49.4 Å². The van der Waals surface area contributed by atoms with Gasteiger partial charge in [0.25, 0.3) is 5.91 Å². The SMILES string of the molecule is CCc1ccc(OCC(=O)NNC(=O)CSCc2ccccc2)cc1. The lowest BCUT2D eigenvalue weighted by Gasteiger charge is -2.09. The number of thioether (sulfide) groups is 1. The largest absolute Gasteiger partial charge is 0.484 e. The second kappa shape index (κ2) is 10.4. The van der Waals surface area contributed by atoms with Gasteiger partial charge in [-0.25, -0.2) is 0 Å². The summed E-state index contributed by atoms with van der Waals surface area (Å²) in [6.45, 7) is 1.92. The summed E-state index contributed by atoms with van der Waals surface area (Å²) in [6, 6.07) is 17.5. The van der Waals surface area contributed by atoms with Gasteiger partial charge in [0.15, 0.2) is 6.61 Å². The van der Waals surface area contributed by atoms with E-state index in [0.29, 0.717) is 5.75 Å². The van der Waals surface area contributed by atoms with Crippen LogP contribution in [0.3, 0.4) is 0 Å². The third-order valence-corrected chi connectivity index (χ3v) is 4.39. The van der Waals surface area contributed by atoms with Crippen molar-refractivity contribution in [1.29, 1.82) is 0 Å². The van der Waals surface area contributed by atoms with Gasteiger partial charge < -0.3 is 4.74 Å². The average Bonchev–Trinajstić information content (AvgIpc) is 2.66. The number of hydrogen-bond acceptors (Lipinski definition) is 4. The van der Waals surface area contributed by atoms with Crippen molar-refractivity contribution in [3.05, 3.63) is 65.7 Å². The topological polar surface area (TPSA) is 67.4 Å². The Bertz CT molecular complexity index is 675. The molecule has 0 fully saturated rings. The van der Waals surface area contributed by atoms with Gasteiger partial charge in [-0.15, -0.1) is 11.8 Å². The first-order chi connectivity index (χ1) is 12.2. The molecule has 2 aromatic carbocycles. The zero-order valence-electron chi connectivity index (χ0n) is 14.2. The number of ether oxygens (including phenoxy) is 1. The molecule has 0 aliphatic carbocycles. The van der Waals surface area contributed by atoms with Crippen molar-refractivity contribution >= 4 is 23.6 Å². The van der Waals surface area contributed by atoms with Crippen molar-refractivity contribution in [1.82, 2.24) is 10.9 Å². The van der Waals surface area contributed by atoms with Crippen molar-refractivity contribution in [3.63, 3.8) is 0 Å². The first-order valence-electron chi connectivity index (χ1n) is 8.08. The van der Waals surface area contributed by atoms with Crippen LogP contribution in [0, 0.1) is 0 Å². The number of nitrogens with one attached hydrogen (secondary N) is 2. The molecule has 2 aromatic rings. The van der Waals surface area contributed by atoms with Crippen LogP contribution in [0.1, 0.15) is 18.1 Å². The lowest BCUT2D eigenvalue weighted by Crippen LogP contribution is -2.44. The van der Waals surface area contributed by atoms with Crippen LogP contribution < -0.4 is 15.6 Å². The van der Waals surface area contributed by atoms with Crippen LogP contribution in [0.25, 0.3) is 0 Å². The first-order valence-corrected chi connectivity index (χ1v) is 9.24. The molecular formula is C19H22N2O3S. The Morgan fingerprint density at radius 2 is 1.60 bits per heavy atom. The van der Waals surface area contributed by atoms with Crippen molar-refractivity contribution in [2.75, 3.05) is 12.4 Å². The van der Waals surface area contributed by atoms with Gasteiger partial charge >= 0.3 is 0 Å². The molecular weight excluding hydrogens is 336 g/mol. The lowest BCUT2D eigenvalue weighted by molar-refractivity contribution is -0.128. The molecule has 0 unspecified atom stereocenters. The molecule has 0 heterocycles. The molecule has 0 aromatic heterocycles. The number of benzene rings is 2. The van der Waals surface area contributed by atoms with Gasteiger partial charge in [0.1, 0.15) is 5.75 Å². The summed E-state index contributed by atoms with van der Waals surface area (Å²) < 4.78 is 5.37. The summed E-state index contributed by atoms with van der Waals surface area (Å²) in [5.74, 6) is 0.993. The third kappa shape index (κ3) is 7.30. The minimum atomic E-state index is -0.402. The quantitative estimate of drug-likeness (QED) is 0.712. The van der Waals surface area contributed by atoms with E-state index in [1.165, 1.54) is 17.3 Å². The Balaban J connectivity index is 1.59. The van der Waals surface area contributed by atoms with Crippen LogP contribution in [0.5, 0.6) is 5.75 Å². The minimum Gasteiger partial charge on any atom is -0.484 e. The number of carbonyl (C=O) groups is 2. The van der Waals surface area contributed by atoms with Crippen molar-refractivity contribution in [2.45, 2.75) is 19.1 Å². The standard InChI is InChI=1S/C19H22N2O3S/c1-2-15-8-10-17(11-9-15)24-12-18(22)20-21-19(23)14-25-13-16-6-4-3-5-7-16/h3-11H,2,12-14H2,1H3,(H,20,22)(H,21,23). The average molecular weight is 358 g/mol. The molecule has 2 rings (SSSR count). The Morgan fingerprint density at radius 1 is 0.920 bits per heavy atom. The first kappa shape index (κ1) is 18.9. The molecule has 0 saturated heterocycles. The zero-order chi connectivity index (χ0) is 17.9. The summed E-state index contributed by atoms with van der Waals surface area (Å²) in [5, 5.41) is 0. The molecule has 0 atom stereocenters. The van der Waals surface area contributed by atoms with Gasteiger partial charge in [-0.05, 0) is 29.7 Å². The highest BCUT2D eigenvalue weighted by Crippen LogP contribution is 2.12. The van der Waals surface area contributed by atoms with Crippen LogP contribution in [-0.4, -0.2) is 24.2 Å². The molecule has 5 nitrogen and oxygen atoms in total. The van der Waals surface area contributed by atoms with Gasteiger partial charge in [-0.3, -0.25) is 20.4 Å². The molecule has 0 radical (unpaired) electrons. The van der Waals surface area contributed by atoms with E-state index in [0.717, 1.165) is 17.7 Å². The van der Waals surface area contributed by atoms with Crippen molar-refractivity contribution in [2.24, 2.45) is 0 Å². The van der Waals surface area contributed by atoms with E-state index < -0.39 is 5.91 Å². The van der Waals surface area contributed by atoms with Crippen LogP contribution in [0.2, 0.25) is 0 Å². The number of rotatable bonds is 8. The fraction of sp³-hybridized carbons (Fsp3) is 0.263. The Hall–Kier alpha value is -2.47. The monoisotopic (exact) mass is 358 g/mol. The maximum atomic E-state index is 11.7. The van der Waals surface area contributed by atoms with Crippen molar-refractivity contribution in [3.8, 4) is 5.75 Å². The smallest absolute Gasteiger partial charge is 0.276 e. The lowest BCUT2D eigenvalue weighted by atomic mass is 10.2. The summed E-state index contributed by atoms with van der Waals surface area (Å²) in [5.41, 5.74) is 7.10. The number of carbonyl (C=O) groups excluding carboxylic acids is 2. The molecule has 0 spiro atoms. The summed E-state index contributed by atoms with van der Waals surface area (Å²) in [4.78, 5) is 23.4. The van der Waals surface area contributed by atoms with E-state index in [9.17, 15) is 9.59 Å². The molecule has 2 N–H and O–H groups in total. The van der Waals surface area contributed by atoms with E-state index in [1.807, 2.05) is 54.6 Å². The molecule has 25 heavy (non-hydrogen) atoms.